The fraction of sp³-hybridized carbons (Fsp3) is 0.545. The van der Waals surface area contributed by atoms with Crippen LogP contribution in [0.15, 0.2) is 17.5 Å². The van der Waals surface area contributed by atoms with Crippen LogP contribution in [0.2, 0.25) is 0 Å². The zero-order valence-electron chi connectivity index (χ0n) is 10.1. The average molecular weight is 238 g/mol. The standard InChI is InChI=1S/C11H18N4O2/c1-3-4-8(2)7-17-10-6-13-9(5-14-10)11(12)15-16/h5-6,8,16H,3-4,7H2,1-2H3,(H2,12,15). The molecule has 0 spiro atoms. The predicted molar refractivity (Wildman–Crippen MR) is 64.1 cm³/mol. The third-order valence-electron chi connectivity index (χ3n) is 2.30. The Labute approximate surface area is 101 Å². The van der Waals surface area contributed by atoms with E-state index in [4.69, 9.17) is 15.7 Å². The zero-order valence-corrected chi connectivity index (χ0v) is 10.1. The maximum absolute atomic E-state index is 8.46. The number of aromatic nitrogens is 2. The Morgan fingerprint density at radius 3 is 2.82 bits per heavy atom. The number of ether oxygens (including phenoxy) is 1. The highest BCUT2D eigenvalue weighted by Crippen LogP contribution is 2.09. The van der Waals surface area contributed by atoms with Crippen molar-refractivity contribution in [3.8, 4) is 5.88 Å². The first-order chi connectivity index (χ1) is 8.17. The second-order valence-corrected chi connectivity index (χ2v) is 3.93. The molecule has 17 heavy (non-hydrogen) atoms. The fourth-order valence-electron chi connectivity index (χ4n) is 1.38. The Hall–Kier alpha value is -1.85. The van der Waals surface area contributed by atoms with Crippen molar-refractivity contribution < 1.29 is 9.94 Å². The highest BCUT2D eigenvalue weighted by atomic mass is 16.5. The van der Waals surface area contributed by atoms with Crippen molar-refractivity contribution in [2.75, 3.05) is 6.61 Å². The number of hydrogen-bond acceptors (Lipinski definition) is 5. The van der Waals surface area contributed by atoms with Gasteiger partial charge in [-0.3, -0.25) is 0 Å². The lowest BCUT2D eigenvalue weighted by molar-refractivity contribution is 0.242. The van der Waals surface area contributed by atoms with Crippen LogP contribution in [0.25, 0.3) is 0 Å². The van der Waals surface area contributed by atoms with E-state index in [0.717, 1.165) is 12.8 Å². The molecule has 0 aliphatic carbocycles. The van der Waals surface area contributed by atoms with E-state index >= 15 is 0 Å². The van der Waals surface area contributed by atoms with Gasteiger partial charge in [-0.25, -0.2) is 9.97 Å². The summed E-state index contributed by atoms with van der Waals surface area (Å²) in [5.41, 5.74) is 5.68. The second kappa shape index (κ2) is 6.67. The van der Waals surface area contributed by atoms with Crippen molar-refractivity contribution in [1.82, 2.24) is 9.97 Å². The van der Waals surface area contributed by atoms with E-state index in [-0.39, 0.29) is 5.84 Å². The fourth-order valence-corrected chi connectivity index (χ4v) is 1.38. The van der Waals surface area contributed by atoms with Gasteiger partial charge in [0.1, 0.15) is 5.69 Å². The normalized spacial score (nSPS) is 13.4. The van der Waals surface area contributed by atoms with Crippen molar-refractivity contribution in [1.29, 1.82) is 0 Å². The van der Waals surface area contributed by atoms with E-state index in [2.05, 4.69) is 29.0 Å². The average Bonchev–Trinajstić information content (AvgIpc) is 2.36. The number of hydrogen-bond donors (Lipinski definition) is 2. The SMILES string of the molecule is CCCC(C)COc1cnc(C(N)=NO)cn1. The second-order valence-electron chi connectivity index (χ2n) is 3.93. The zero-order chi connectivity index (χ0) is 12.7. The summed E-state index contributed by atoms with van der Waals surface area (Å²) in [4.78, 5) is 7.99. The van der Waals surface area contributed by atoms with Crippen molar-refractivity contribution in [2.24, 2.45) is 16.8 Å². The Bertz CT molecular complexity index is 364. The van der Waals surface area contributed by atoms with E-state index < -0.39 is 0 Å². The summed E-state index contributed by atoms with van der Waals surface area (Å²) in [6, 6.07) is 0. The van der Waals surface area contributed by atoms with Gasteiger partial charge in [0.15, 0.2) is 5.84 Å². The van der Waals surface area contributed by atoms with Crippen LogP contribution in [0.3, 0.4) is 0 Å². The molecule has 1 aromatic rings. The van der Waals surface area contributed by atoms with Gasteiger partial charge in [0.2, 0.25) is 5.88 Å². The van der Waals surface area contributed by atoms with Crippen molar-refractivity contribution in [3.63, 3.8) is 0 Å². The van der Waals surface area contributed by atoms with Crippen LogP contribution in [0.5, 0.6) is 5.88 Å². The summed E-state index contributed by atoms with van der Waals surface area (Å²) in [6.07, 6.45) is 5.13. The number of amidine groups is 1. The first-order valence-corrected chi connectivity index (χ1v) is 5.60. The molecule has 1 heterocycles. The molecule has 1 aromatic heterocycles. The van der Waals surface area contributed by atoms with Crippen LogP contribution in [0, 0.1) is 5.92 Å². The minimum absolute atomic E-state index is 0.0663. The molecule has 1 atom stereocenters. The van der Waals surface area contributed by atoms with Crippen LogP contribution in [-0.4, -0.2) is 27.6 Å². The molecule has 1 rings (SSSR count). The van der Waals surface area contributed by atoms with Gasteiger partial charge in [0.25, 0.3) is 0 Å². The first kappa shape index (κ1) is 13.2. The third kappa shape index (κ3) is 4.26. The molecule has 6 heteroatoms. The largest absolute Gasteiger partial charge is 0.476 e. The van der Waals surface area contributed by atoms with Crippen LogP contribution in [0.4, 0.5) is 0 Å². The van der Waals surface area contributed by atoms with Gasteiger partial charge >= 0.3 is 0 Å². The molecule has 0 amide bonds. The van der Waals surface area contributed by atoms with Gasteiger partial charge in [0.05, 0.1) is 19.0 Å². The maximum Gasteiger partial charge on any atom is 0.232 e. The molecule has 94 valence electrons. The summed E-state index contributed by atoms with van der Waals surface area (Å²) in [6.45, 7) is 4.88. The minimum atomic E-state index is -0.0663. The van der Waals surface area contributed by atoms with Crippen LogP contribution in [0.1, 0.15) is 32.4 Å². The number of nitrogens with zero attached hydrogens (tertiary/aromatic N) is 3. The summed E-state index contributed by atoms with van der Waals surface area (Å²) in [5, 5.41) is 11.3. The topological polar surface area (TPSA) is 93.6 Å². The Balaban J connectivity index is 2.51. The van der Waals surface area contributed by atoms with E-state index in [1.807, 2.05) is 0 Å². The van der Waals surface area contributed by atoms with E-state index in [1.54, 1.807) is 0 Å². The molecule has 0 radical (unpaired) electrons. The highest BCUT2D eigenvalue weighted by Gasteiger charge is 2.05. The van der Waals surface area contributed by atoms with Gasteiger partial charge in [-0.2, -0.15) is 0 Å². The maximum atomic E-state index is 8.46. The molecule has 0 saturated carbocycles. The van der Waals surface area contributed by atoms with Crippen molar-refractivity contribution in [2.45, 2.75) is 26.7 Å². The molecule has 0 aliphatic heterocycles. The number of rotatable bonds is 6. The van der Waals surface area contributed by atoms with Gasteiger partial charge < -0.3 is 15.7 Å². The molecule has 0 saturated heterocycles. The minimum Gasteiger partial charge on any atom is -0.476 e. The van der Waals surface area contributed by atoms with E-state index in [9.17, 15) is 0 Å². The van der Waals surface area contributed by atoms with Crippen LogP contribution >= 0.6 is 0 Å². The highest BCUT2D eigenvalue weighted by molar-refractivity contribution is 5.94. The van der Waals surface area contributed by atoms with Crippen molar-refractivity contribution >= 4 is 5.84 Å². The third-order valence-corrected chi connectivity index (χ3v) is 2.30. The smallest absolute Gasteiger partial charge is 0.232 e. The van der Waals surface area contributed by atoms with Crippen molar-refractivity contribution in [3.05, 3.63) is 18.1 Å². The monoisotopic (exact) mass is 238 g/mol. The van der Waals surface area contributed by atoms with Gasteiger partial charge in [-0.1, -0.05) is 25.4 Å². The van der Waals surface area contributed by atoms with E-state index in [0.29, 0.717) is 24.1 Å². The Morgan fingerprint density at radius 1 is 1.53 bits per heavy atom. The van der Waals surface area contributed by atoms with Gasteiger partial charge in [-0.15, -0.1) is 0 Å². The molecule has 0 aromatic carbocycles. The quantitative estimate of drug-likeness (QED) is 0.338. The summed E-state index contributed by atoms with van der Waals surface area (Å²) in [7, 11) is 0. The molecule has 3 N–H and O–H groups in total. The summed E-state index contributed by atoms with van der Waals surface area (Å²) >= 11 is 0. The molecular formula is C11H18N4O2. The lowest BCUT2D eigenvalue weighted by Gasteiger charge is -2.10. The summed E-state index contributed by atoms with van der Waals surface area (Å²) < 4.78 is 5.47. The molecule has 0 fully saturated rings. The van der Waals surface area contributed by atoms with Gasteiger partial charge in [-0.05, 0) is 12.3 Å². The predicted octanol–water partition coefficient (Wildman–Crippen LogP) is 1.39. The first-order valence-electron chi connectivity index (χ1n) is 5.60. The van der Waals surface area contributed by atoms with E-state index in [1.165, 1.54) is 12.4 Å². The van der Waals surface area contributed by atoms with Crippen LogP contribution < -0.4 is 10.5 Å². The molecule has 1 unspecified atom stereocenters. The van der Waals surface area contributed by atoms with Crippen LogP contribution in [-0.2, 0) is 0 Å². The summed E-state index contributed by atoms with van der Waals surface area (Å²) in [5.74, 6) is 0.872. The molecule has 0 bridgehead atoms. The molecule has 0 aliphatic rings. The Morgan fingerprint density at radius 2 is 2.29 bits per heavy atom. The number of oxime groups is 1. The Kier molecular flexibility index (Phi) is 5.19. The van der Waals surface area contributed by atoms with Gasteiger partial charge in [0, 0.05) is 0 Å². The molecule has 6 nitrogen and oxygen atoms in total. The lowest BCUT2D eigenvalue weighted by Crippen LogP contribution is -2.16. The lowest BCUT2D eigenvalue weighted by atomic mass is 10.1. The molecular weight excluding hydrogens is 220 g/mol. The number of nitrogens with two attached hydrogens (primary N) is 1.